The Morgan fingerprint density at radius 2 is 1.79 bits per heavy atom. The Kier molecular flexibility index (Phi) is 9.63. The van der Waals surface area contributed by atoms with Gasteiger partial charge in [0.15, 0.2) is 0 Å². The number of sulfonamides is 1. The Bertz CT molecular complexity index is 1550. The summed E-state index contributed by atoms with van der Waals surface area (Å²) in [6, 6.07) is 21.0. The van der Waals surface area contributed by atoms with Gasteiger partial charge in [-0.1, -0.05) is 53.5 Å². The lowest BCUT2D eigenvalue weighted by molar-refractivity contribution is -0.121. The lowest BCUT2D eigenvalue weighted by atomic mass is 10.1. The molecule has 0 aliphatic carbocycles. The standard InChI is InChI=1S/C28H28Cl2N4O4S/c1-38-27-10-8-22(18-24(27)30)39(36,37)34(16-12-20-5-3-2-4-6-20)19-28(35)33-15-14-32-25-11-13-31-26-17-21(29)7-9-23(25)26/h2-11,13,17-18H,12,14-16,19H2,1H3,(H,31,32)(H,33,35). The molecule has 3 aromatic carbocycles. The minimum atomic E-state index is -4.02. The van der Waals surface area contributed by atoms with Crippen LogP contribution in [0.5, 0.6) is 5.75 Å². The third-order valence-electron chi connectivity index (χ3n) is 6.04. The van der Waals surface area contributed by atoms with Crippen LogP contribution in [0.4, 0.5) is 5.69 Å². The predicted octanol–water partition coefficient (Wildman–Crippen LogP) is 5.01. The molecule has 0 saturated heterocycles. The summed E-state index contributed by atoms with van der Waals surface area (Å²) in [6.07, 6.45) is 2.12. The van der Waals surface area contributed by atoms with Crippen LogP contribution in [-0.2, 0) is 21.2 Å². The van der Waals surface area contributed by atoms with E-state index in [4.69, 9.17) is 27.9 Å². The number of rotatable bonds is 12. The number of benzene rings is 3. The lowest BCUT2D eigenvalue weighted by Crippen LogP contribution is -2.42. The number of ether oxygens (including phenoxy) is 1. The first kappa shape index (κ1) is 28.6. The summed E-state index contributed by atoms with van der Waals surface area (Å²) < 4.78 is 33.4. The third kappa shape index (κ3) is 7.39. The van der Waals surface area contributed by atoms with Gasteiger partial charge in [0.25, 0.3) is 0 Å². The van der Waals surface area contributed by atoms with Crippen molar-refractivity contribution in [1.82, 2.24) is 14.6 Å². The van der Waals surface area contributed by atoms with Crippen LogP contribution in [0.1, 0.15) is 5.56 Å². The maximum atomic E-state index is 13.5. The summed E-state index contributed by atoms with van der Waals surface area (Å²) in [5.41, 5.74) is 2.57. The Labute approximate surface area is 238 Å². The summed E-state index contributed by atoms with van der Waals surface area (Å²) in [4.78, 5) is 17.2. The summed E-state index contributed by atoms with van der Waals surface area (Å²) in [7, 11) is -2.56. The molecule has 0 bridgehead atoms. The largest absolute Gasteiger partial charge is 0.495 e. The first-order valence-electron chi connectivity index (χ1n) is 12.2. The van der Waals surface area contributed by atoms with Crippen LogP contribution in [0, 0.1) is 0 Å². The maximum Gasteiger partial charge on any atom is 0.243 e. The lowest BCUT2D eigenvalue weighted by Gasteiger charge is -2.22. The molecular weight excluding hydrogens is 559 g/mol. The maximum absolute atomic E-state index is 13.5. The van der Waals surface area contributed by atoms with Crippen molar-refractivity contribution in [3.8, 4) is 5.75 Å². The van der Waals surface area contributed by atoms with Crippen molar-refractivity contribution in [3.63, 3.8) is 0 Å². The normalized spacial score (nSPS) is 11.5. The monoisotopic (exact) mass is 586 g/mol. The highest BCUT2D eigenvalue weighted by Crippen LogP contribution is 2.28. The Hall–Kier alpha value is -3.37. The zero-order valence-corrected chi connectivity index (χ0v) is 23.6. The van der Waals surface area contributed by atoms with Crippen molar-refractivity contribution >= 4 is 55.7 Å². The van der Waals surface area contributed by atoms with Gasteiger partial charge in [-0.25, -0.2) is 8.42 Å². The molecule has 204 valence electrons. The van der Waals surface area contributed by atoms with Crippen LogP contribution in [-0.4, -0.2) is 56.9 Å². The number of carbonyl (C=O) groups excluding carboxylic acids is 1. The molecule has 1 heterocycles. The SMILES string of the molecule is COc1ccc(S(=O)(=O)N(CCc2ccccc2)CC(=O)NCCNc2ccnc3cc(Cl)ccc23)cc1Cl. The van der Waals surface area contributed by atoms with E-state index in [0.717, 1.165) is 22.2 Å². The Balaban J connectivity index is 1.41. The van der Waals surface area contributed by atoms with Crippen LogP contribution in [0.15, 0.2) is 83.9 Å². The number of pyridine rings is 1. The fraction of sp³-hybridized carbons (Fsp3) is 0.214. The van der Waals surface area contributed by atoms with Crippen molar-refractivity contribution in [2.75, 3.05) is 38.6 Å². The number of anilines is 1. The summed E-state index contributed by atoms with van der Waals surface area (Å²) in [5, 5.41) is 7.76. The highest BCUT2D eigenvalue weighted by atomic mass is 35.5. The zero-order chi connectivity index (χ0) is 27.8. The van der Waals surface area contributed by atoms with Gasteiger partial charge in [0, 0.05) is 41.9 Å². The molecule has 0 fully saturated rings. The van der Waals surface area contributed by atoms with E-state index in [0.29, 0.717) is 23.7 Å². The van der Waals surface area contributed by atoms with Gasteiger partial charge in [-0.2, -0.15) is 4.31 Å². The molecule has 0 spiro atoms. The first-order chi connectivity index (χ1) is 18.8. The van der Waals surface area contributed by atoms with Gasteiger partial charge in [0.1, 0.15) is 5.75 Å². The Morgan fingerprint density at radius 1 is 1.00 bits per heavy atom. The molecule has 11 heteroatoms. The van der Waals surface area contributed by atoms with Gasteiger partial charge in [-0.3, -0.25) is 9.78 Å². The van der Waals surface area contributed by atoms with Crippen molar-refractivity contribution < 1.29 is 17.9 Å². The topological polar surface area (TPSA) is 101 Å². The predicted molar refractivity (Wildman–Crippen MR) is 155 cm³/mol. The number of amides is 1. The van der Waals surface area contributed by atoms with Crippen LogP contribution in [0.3, 0.4) is 0 Å². The summed E-state index contributed by atoms with van der Waals surface area (Å²) in [5.74, 6) is -0.0545. The van der Waals surface area contributed by atoms with Crippen LogP contribution in [0.2, 0.25) is 10.0 Å². The molecular formula is C28H28Cl2N4O4S. The number of nitrogens with zero attached hydrogens (tertiary/aromatic N) is 2. The number of carbonyl (C=O) groups is 1. The van der Waals surface area contributed by atoms with E-state index in [-0.39, 0.29) is 29.6 Å². The highest BCUT2D eigenvalue weighted by molar-refractivity contribution is 7.89. The number of aromatic nitrogens is 1. The van der Waals surface area contributed by atoms with E-state index in [2.05, 4.69) is 15.6 Å². The van der Waals surface area contributed by atoms with Crippen molar-refractivity contribution in [2.45, 2.75) is 11.3 Å². The number of fused-ring (bicyclic) bond motifs is 1. The van der Waals surface area contributed by atoms with E-state index < -0.39 is 15.9 Å². The van der Waals surface area contributed by atoms with E-state index in [9.17, 15) is 13.2 Å². The molecule has 1 aromatic heterocycles. The van der Waals surface area contributed by atoms with Crippen LogP contribution >= 0.6 is 23.2 Å². The number of hydrogen-bond acceptors (Lipinski definition) is 6. The molecule has 2 N–H and O–H groups in total. The van der Waals surface area contributed by atoms with E-state index >= 15 is 0 Å². The fourth-order valence-electron chi connectivity index (χ4n) is 4.03. The highest BCUT2D eigenvalue weighted by Gasteiger charge is 2.27. The molecule has 39 heavy (non-hydrogen) atoms. The second-order valence-corrected chi connectivity index (χ2v) is 11.4. The fourth-order valence-corrected chi connectivity index (χ4v) is 5.94. The minimum absolute atomic E-state index is 0.0134. The van der Waals surface area contributed by atoms with Crippen molar-refractivity contribution in [1.29, 1.82) is 0 Å². The van der Waals surface area contributed by atoms with Gasteiger partial charge in [-0.15, -0.1) is 0 Å². The molecule has 8 nitrogen and oxygen atoms in total. The van der Waals surface area contributed by atoms with Crippen molar-refractivity contribution in [2.24, 2.45) is 0 Å². The van der Waals surface area contributed by atoms with Crippen LogP contribution < -0.4 is 15.4 Å². The number of nitrogens with one attached hydrogen (secondary N) is 2. The van der Waals surface area contributed by atoms with Crippen molar-refractivity contribution in [3.05, 3.63) is 94.6 Å². The van der Waals surface area contributed by atoms with Crippen LogP contribution in [0.25, 0.3) is 10.9 Å². The average molecular weight is 588 g/mol. The van der Waals surface area contributed by atoms with E-state index in [1.54, 1.807) is 18.3 Å². The molecule has 1 amide bonds. The molecule has 0 aliphatic heterocycles. The molecule has 0 radical (unpaired) electrons. The summed E-state index contributed by atoms with van der Waals surface area (Å²) >= 11 is 12.3. The van der Waals surface area contributed by atoms with Gasteiger partial charge in [-0.05, 0) is 54.4 Å². The van der Waals surface area contributed by atoms with Gasteiger partial charge < -0.3 is 15.4 Å². The zero-order valence-electron chi connectivity index (χ0n) is 21.2. The molecule has 0 atom stereocenters. The quantitative estimate of drug-likeness (QED) is 0.226. The number of methoxy groups -OCH3 is 1. The minimum Gasteiger partial charge on any atom is -0.495 e. The van der Waals surface area contributed by atoms with Gasteiger partial charge in [0.05, 0.1) is 29.1 Å². The number of hydrogen-bond donors (Lipinski definition) is 2. The average Bonchev–Trinajstić information content (AvgIpc) is 2.93. The van der Waals surface area contributed by atoms with E-state index in [1.165, 1.54) is 29.6 Å². The molecule has 0 unspecified atom stereocenters. The summed E-state index contributed by atoms with van der Waals surface area (Å²) in [6.45, 7) is 0.498. The second-order valence-electron chi connectivity index (χ2n) is 8.67. The van der Waals surface area contributed by atoms with E-state index in [1.807, 2.05) is 42.5 Å². The van der Waals surface area contributed by atoms with Gasteiger partial charge in [0.2, 0.25) is 15.9 Å². The Morgan fingerprint density at radius 3 is 2.54 bits per heavy atom. The molecule has 4 rings (SSSR count). The molecule has 0 aliphatic rings. The number of halogens is 2. The third-order valence-corrected chi connectivity index (χ3v) is 8.41. The second kappa shape index (κ2) is 13.1. The molecule has 0 saturated carbocycles. The first-order valence-corrected chi connectivity index (χ1v) is 14.4. The molecule has 4 aromatic rings. The smallest absolute Gasteiger partial charge is 0.243 e. The van der Waals surface area contributed by atoms with Gasteiger partial charge >= 0.3 is 0 Å².